The van der Waals surface area contributed by atoms with Crippen LogP contribution in [0.25, 0.3) is 0 Å². The van der Waals surface area contributed by atoms with Gasteiger partial charge < -0.3 is 20.1 Å². The van der Waals surface area contributed by atoms with Crippen LogP contribution in [0.4, 0.5) is 22.9 Å². The first-order valence-electron chi connectivity index (χ1n) is 9.52. The molecule has 29 heavy (non-hydrogen) atoms. The molecule has 1 aliphatic heterocycles. The van der Waals surface area contributed by atoms with Gasteiger partial charge in [0.05, 0.1) is 11.9 Å². The van der Waals surface area contributed by atoms with E-state index in [2.05, 4.69) is 25.7 Å². The van der Waals surface area contributed by atoms with Gasteiger partial charge in [-0.2, -0.15) is 5.10 Å². The molecule has 1 fully saturated rings. The monoisotopic (exact) mass is 390 g/mol. The molecule has 2 N–H and O–H groups in total. The first-order valence-corrected chi connectivity index (χ1v) is 9.52. The summed E-state index contributed by atoms with van der Waals surface area (Å²) in [7, 11) is 1.61. The van der Waals surface area contributed by atoms with Crippen LogP contribution in [0.2, 0.25) is 0 Å². The van der Waals surface area contributed by atoms with E-state index in [-0.39, 0.29) is 11.1 Å². The van der Waals surface area contributed by atoms with Gasteiger partial charge in [0.15, 0.2) is 5.82 Å². The highest BCUT2D eigenvalue weighted by Crippen LogP contribution is 2.23. The predicted octanol–water partition coefficient (Wildman–Crippen LogP) is 2.77. The fraction of sp³-hybridized carbons (Fsp3) is 0.238. The second-order valence-corrected chi connectivity index (χ2v) is 6.99. The van der Waals surface area contributed by atoms with Crippen molar-refractivity contribution in [1.82, 2.24) is 14.8 Å². The molecule has 1 saturated heterocycles. The van der Waals surface area contributed by atoms with Crippen molar-refractivity contribution in [2.75, 3.05) is 28.6 Å². The third-order valence-electron chi connectivity index (χ3n) is 4.89. The highest BCUT2D eigenvalue weighted by atomic mass is 16.2. The average molecular weight is 390 g/mol. The molecule has 0 saturated carbocycles. The lowest BCUT2D eigenvalue weighted by Gasteiger charge is -2.17. The Balaban J connectivity index is 1.43. The third kappa shape index (κ3) is 4.26. The summed E-state index contributed by atoms with van der Waals surface area (Å²) >= 11 is 0. The quantitative estimate of drug-likeness (QED) is 0.696. The Kier molecular flexibility index (Phi) is 5.24. The molecule has 3 aromatic rings. The summed E-state index contributed by atoms with van der Waals surface area (Å²) < 4.78 is 1.37. The van der Waals surface area contributed by atoms with E-state index in [1.54, 1.807) is 37.6 Å². The van der Waals surface area contributed by atoms with Crippen LogP contribution in [0.3, 0.4) is 0 Å². The van der Waals surface area contributed by atoms with Gasteiger partial charge in [0.1, 0.15) is 5.56 Å². The summed E-state index contributed by atoms with van der Waals surface area (Å²) in [5, 5.41) is 14.2. The molecule has 0 atom stereocenters. The largest absolute Gasteiger partial charge is 0.370 e. The Morgan fingerprint density at radius 3 is 2.55 bits per heavy atom. The maximum Gasteiger partial charge on any atom is 0.263 e. The Morgan fingerprint density at radius 1 is 1.07 bits per heavy atom. The van der Waals surface area contributed by atoms with Crippen molar-refractivity contribution >= 4 is 28.8 Å². The number of pyridine rings is 1. The molecule has 4 rings (SSSR count). The molecule has 0 aliphatic carbocycles. The van der Waals surface area contributed by atoms with Crippen molar-refractivity contribution in [2.45, 2.75) is 12.8 Å². The lowest BCUT2D eigenvalue weighted by atomic mass is 10.2. The highest BCUT2D eigenvalue weighted by molar-refractivity contribution is 6.04. The summed E-state index contributed by atoms with van der Waals surface area (Å²) in [5.74, 6) is 0.232. The zero-order valence-electron chi connectivity index (χ0n) is 16.1. The van der Waals surface area contributed by atoms with E-state index < -0.39 is 5.91 Å². The number of aromatic nitrogens is 3. The van der Waals surface area contributed by atoms with Crippen molar-refractivity contribution in [3.05, 3.63) is 70.8 Å². The van der Waals surface area contributed by atoms with Gasteiger partial charge in [-0.05, 0) is 49.2 Å². The number of carbonyl (C=O) groups excluding carboxylic acids is 1. The average Bonchev–Trinajstić information content (AvgIpc) is 3.27. The van der Waals surface area contributed by atoms with Gasteiger partial charge in [-0.15, -0.1) is 5.10 Å². The summed E-state index contributed by atoms with van der Waals surface area (Å²) in [6.45, 7) is 2.09. The number of nitrogens with one attached hydrogen (secondary N) is 2. The van der Waals surface area contributed by atoms with Gasteiger partial charge in [-0.3, -0.25) is 9.59 Å². The van der Waals surface area contributed by atoms with Gasteiger partial charge in [-0.25, -0.2) is 0 Å². The topological polar surface area (TPSA) is 92.2 Å². The zero-order chi connectivity index (χ0) is 20.2. The lowest BCUT2D eigenvalue weighted by molar-refractivity contribution is 0.102. The zero-order valence-corrected chi connectivity index (χ0v) is 16.1. The number of benzene rings is 1. The smallest absolute Gasteiger partial charge is 0.263 e. The van der Waals surface area contributed by atoms with Crippen molar-refractivity contribution in [3.63, 3.8) is 0 Å². The minimum atomic E-state index is -0.434. The molecule has 8 heteroatoms. The Hall–Kier alpha value is -3.68. The maximum absolute atomic E-state index is 12.4. The summed E-state index contributed by atoms with van der Waals surface area (Å²) in [6.07, 6.45) is 5.80. The number of amides is 1. The standard InChI is InChI=1S/C21H22N6O2/c1-26-10-4-5-18(21(26)29)20(28)24-16-8-6-15(7-9-16)23-19-13-17(14-22-25-19)27-11-2-3-12-27/h4-10,13-14H,2-3,11-12H2,1H3,(H,23,25)(H,24,28). The van der Waals surface area contributed by atoms with Gasteiger partial charge in [-0.1, -0.05) is 0 Å². The van der Waals surface area contributed by atoms with Crippen molar-refractivity contribution in [3.8, 4) is 0 Å². The minimum absolute atomic E-state index is 0.103. The van der Waals surface area contributed by atoms with Crippen LogP contribution in [-0.4, -0.2) is 33.8 Å². The second-order valence-electron chi connectivity index (χ2n) is 6.99. The van der Waals surface area contributed by atoms with Crippen molar-refractivity contribution < 1.29 is 4.79 Å². The van der Waals surface area contributed by atoms with Crippen LogP contribution in [0.5, 0.6) is 0 Å². The van der Waals surface area contributed by atoms with Crippen LogP contribution in [-0.2, 0) is 7.05 Å². The van der Waals surface area contributed by atoms with E-state index in [4.69, 9.17) is 0 Å². The Bertz CT molecular complexity index is 1070. The molecular weight excluding hydrogens is 368 g/mol. The number of nitrogens with zero attached hydrogens (tertiary/aromatic N) is 4. The Morgan fingerprint density at radius 2 is 1.79 bits per heavy atom. The van der Waals surface area contributed by atoms with E-state index in [0.29, 0.717) is 11.5 Å². The number of aryl methyl sites for hydroxylation is 1. The van der Waals surface area contributed by atoms with Crippen LogP contribution in [0, 0.1) is 0 Å². The number of carbonyl (C=O) groups is 1. The van der Waals surface area contributed by atoms with Gasteiger partial charge in [0, 0.05) is 43.8 Å². The molecule has 1 aliphatic rings. The van der Waals surface area contributed by atoms with E-state index >= 15 is 0 Å². The summed E-state index contributed by atoms with van der Waals surface area (Å²) in [5.41, 5.74) is 2.26. The molecule has 2 aromatic heterocycles. The molecule has 0 spiro atoms. The number of hydrogen-bond acceptors (Lipinski definition) is 6. The van der Waals surface area contributed by atoms with Gasteiger partial charge in [0.2, 0.25) is 0 Å². The van der Waals surface area contributed by atoms with Crippen molar-refractivity contribution in [2.24, 2.45) is 7.05 Å². The van der Waals surface area contributed by atoms with Crippen LogP contribution in [0.1, 0.15) is 23.2 Å². The van der Waals surface area contributed by atoms with E-state index in [0.717, 1.165) is 24.5 Å². The first-order chi connectivity index (χ1) is 14.1. The van der Waals surface area contributed by atoms with Crippen LogP contribution < -0.4 is 21.1 Å². The van der Waals surface area contributed by atoms with Crippen molar-refractivity contribution in [1.29, 1.82) is 0 Å². The fourth-order valence-electron chi connectivity index (χ4n) is 3.32. The molecular formula is C21H22N6O2. The summed E-state index contributed by atoms with van der Waals surface area (Å²) in [4.78, 5) is 26.7. The molecule has 8 nitrogen and oxygen atoms in total. The molecule has 0 radical (unpaired) electrons. The molecule has 0 unspecified atom stereocenters. The lowest BCUT2D eigenvalue weighted by Crippen LogP contribution is -2.26. The normalized spacial score (nSPS) is 13.3. The SMILES string of the molecule is Cn1cccc(C(=O)Nc2ccc(Nc3cc(N4CCCC4)cnn3)cc2)c1=O. The second kappa shape index (κ2) is 8.14. The number of rotatable bonds is 5. The van der Waals surface area contributed by atoms with E-state index in [1.165, 1.54) is 23.5 Å². The maximum atomic E-state index is 12.4. The van der Waals surface area contributed by atoms with Gasteiger partial charge in [0.25, 0.3) is 11.5 Å². The van der Waals surface area contributed by atoms with Crippen LogP contribution in [0.15, 0.2) is 59.7 Å². The predicted molar refractivity (Wildman–Crippen MR) is 113 cm³/mol. The number of hydrogen-bond donors (Lipinski definition) is 2. The molecule has 3 heterocycles. The third-order valence-corrected chi connectivity index (χ3v) is 4.89. The fourth-order valence-corrected chi connectivity index (χ4v) is 3.32. The highest BCUT2D eigenvalue weighted by Gasteiger charge is 2.14. The van der Waals surface area contributed by atoms with Gasteiger partial charge >= 0.3 is 0 Å². The molecule has 1 aromatic carbocycles. The van der Waals surface area contributed by atoms with E-state index in [1.807, 2.05) is 18.2 Å². The number of anilines is 4. The Labute approximate surface area is 168 Å². The van der Waals surface area contributed by atoms with Crippen LogP contribution >= 0.6 is 0 Å². The molecule has 1 amide bonds. The summed E-state index contributed by atoms with van der Waals surface area (Å²) in [6, 6.07) is 12.4. The first kappa shape index (κ1) is 18.7. The molecule has 0 bridgehead atoms. The van der Waals surface area contributed by atoms with E-state index in [9.17, 15) is 9.59 Å². The minimum Gasteiger partial charge on any atom is -0.370 e. The molecule has 148 valence electrons.